The molecule has 0 fully saturated rings. The van der Waals surface area contributed by atoms with Crippen LogP contribution in [0.5, 0.6) is 0 Å². The minimum Gasteiger partial charge on any atom is -0.388 e. The van der Waals surface area contributed by atoms with Crippen molar-refractivity contribution in [3.8, 4) is 0 Å². The highest BCUT2D eigenvalue weighted by Crippen LogP contribution is 1.89. The summed E-state index contributed by atoms with van der Waals surface area (Å²) in [7, 11) is 3.03. The first kappa shape index (κ1) is 15.8. The van der Waals surface area contributed by atoms with Crippen molar-refractivity contribution in [1.82, 2.24) is 0 Å². The van der Waals surface area contributed by atoms with E-state index in [9.17, 15) is 10.2 Å². The molecule has 0 aromatic heterocycles. The molecule has 0 heterocycles. The molecule has 0 radical (unpaired) electrons. The third-order valence-corrected chi connectivity index (χ3v) is 1.71. The quantitative estimate of drug-likeness (QED) is 0.451. The molecule has 16 heavy (non-hydrogen) atoms. The smallest absolute Gasteiger partial charge is 0.101 e. The lowest BCUT2D eigenvalue weighted by Crippen LogP contribution is -2.24. The van der Waals surface area contributed by atoms with E-state index in [1.54, 1.807) is 0 Å². The van der Waals surface area contributed by atoms with Gasteiger partial charge in [0.2, 0.25) is 0 Å². The number of aliphatic hydroxyl groups is 2. The van der Waals surface area contributed by atoms with Crippen molar-refractivity contribution in [2.45, 2.75) is 12.2 Å². The summed E-state index contributed by atoms with van der Waals surface area (Å²) in [4.78, 5) is 0. The molecule has 0 amide bonds. The number of methoxy groups -OCH3 is 2. The Morgan fingerprint density at radius 3 is 1.44 bits per heavy atom. The van der Waals surface area contributed by atoms with Crippen LogP contribution in [0.15, 0.2) is 0 Å². The monoisotopic (exact) mass is 238 g/mol. The van der Waals surface area contributed by atoms with Crippen LogP contribution in [0, 0.1) is 0 Å². The van der Waals surface area contributed by atoms with Gasteiger partial charge in [0.1, 0.15) is 12.2 Å². The molecule has 2 unspecified atom stereocenters. The Kier molecular flexibility index (Phi) is 11.1. The molecule has 98 valence electrons. The zero-order valence-corrected chi connectivity index (χ0v) is 9.92. The van der Waals surface area contributed by atoms with E-state index in [0.29, 0.717) is 13.2 Å². The van der Waals surface area contributed by atoms with Gasteiger partial charge in [-0.05, 0) is 0 Å². The van der Waals surface area contributed by atoms with Crippen LogP contribution in [-0.2, 0) is 18.9 Å². The Bertz CT molecular complexity index is 127. The molecule has 0 saturated heterocycles. The van der Waals surface area contributed by atoms with Crippen LogP contribution in [0.25, 0.3) is 0 Å². The fourth-order valence-electron chi connectivity index (χ4n) is 1.04. The zero-order chi connectivity index (χ0) is 12.2. The third-order valence-electron chi connectivity index (χ3n) is 1.71. The molecule has 0 aliphatic rings. The number of hydrogen-bond donors (Lipinski definition) is 2. The SMILES string of the molecule is COCC(O)COCCOCC(O)COC. The molecule has 2 atom stereocenters. The molecule has 0 rings (SSSR count). The first-order valence-corrected chi connectivity index (χ1v) is 5.20. The molecular weight excluding hydrogens is 216 g/mol. The van der Waals surface area contributed by atoms with E-state index in [1.807, 2.05) is 0 Å². The summed E-state index contributed by atoms with van der Waals surface area (Å²) >= 11 is 0. The largest absolute Gasteiger partial charge is 0.388 e. The van der Waals surface area contributed by atoms with Crippen molar-refractivity contribution in [2.24, 2.45) is 0 Å². The highest BCUT2D eigenvalue weighted by Gasteiger charge is 2.04. The Morgan fingerprint density at radius 2 is 1.12 bits per heavy atom. The van der Waals surface area contributed by atoms with Crippen LogP contribution in [0.4, 0.5) is 0 Å². The van der Waals surface area contributed by atoms with Gasteiger partial charge in [0.25, 0.3) is 0 Å². The number of hydrogen-bond acceptors (Lipinski definition) is 6. The lowest BCUT2D eigenvalue weighted by molar-refractivity contribution is -0.0427. The van der Waals surface area contributed by atoms with Gasteiger partial charge in [-0.2, -0.15) is 0 Å². The Balaban J connectivity index is 3.15. The summed E-state index contributed by atoms with van der Waals surface area (Å²) in [6.07, 6.45) is -1.21. The van der Waals surface area contributed by atoms with Gasteiger partial charge in [-0.1, -0.05) is 0 Å². The van der Waals surface area contributed by atoms with Gasteiger partial charge in [-0.15, -0.1) is 0 Å². The Morgan fingerprint density at radius 1 is 0.750 bits per heavy atom. The van der Waals surface area contributed by atoms with Crippen LogP contribution in [0.2, 0.25) is 0 Å². The van der Waals surface area contributed by atoms with Gasteiger partial charge < -0.3 is 29.2 Å². The molecule has 6 nitrogen and oxygen atoms in total. The van der Waals surface area contributed by atoms with Crippen molar-refractivity contribution < 1.29 is 29.2 Å². The van der Waals surface area contributed by atoms with Gasteiger partial charge in [0.05, 0.1) is 39.6 Å². The molecule has 0 aliphatic carbocycles. The second kappa shape index (κ2) is 11.3. The summed E-state index contributed by atoms with van der Waals surface area (Å²) in [6, 6.07) is 0. The maximum absolute atomic E-state index is 9.22. The highest BCUT2D eigenvalue weighted by atomic mass is 16.5. The lowest BCUT2D eigenvalue weighted by Gasteiger charge is -2.12. The summed E-state index contributed by atoms with van der Waals surface area (Å²) < 4.78 is 19.7. The van der Waals surface area contributed by atoms with Crippen molar-refractivity contribution in [2.75, 3.05) is 53.9 Å². The van der Waals surface area contributed by atoms with E-state index in [4.69, 9.17) is 18.9 Å². The van der Waals surface area contributed by atoms with Crippen LogP contribution >= 0.6 is 0 Å². The fraction of sp³-hybridized carbons (Fsp3) is 1.00. The Hall–Kier alpha value is -0.240. The van der Waals surface area contributed by atoms with Crippen LogP contribution < -0.4 is 0 Å². The highest BCUT2D eigenvalue weighted by molar-refractivity contribution is 4.51. The van der Waals surface area contributed by atoms with E-state index in [2.05, 4.69) is 0 Å². The average molecular weight is 238 g/mol. The van der Waals surface area contributed by atoms with E-state index in [-0.39, 0.29) is 26.4 Å². The normalized spacial score (nSPS) is 15.0. The van der Waals surface area contributed by atoms with Crippen LogP contribution in [-0.4, -0.2) is 76.3 Å². The molecule has 0 saturated carbocycles. The first-order valence-electron chi connectivity index (χ1n) is 5.20. The number of ether oxygens (including phenoxy) is 4. The van der Waals surface area contributed by atoms with Crippen molar-refractivity contribution in [1.29, 1.82) is 0 Å². The van der Waals surface area contributed by atoms with Gasteiger partial charge in [0, 0.05) is 14.2 Å². The fourth-order valence-corrected chi connectivity index (χ4v) is 1.04. The minimum atomic E-state index is -0.607. The minimum absolute atomic E-state index is 0.220. The summed E-state index contributed by atoms with van der Waals surface area (Å²) in [5.41, 5.74) is 0. The average Bonchev–Trinajstić information content (AvgIpc) is 2.24. The molecule has 0 aliphatic heterocycles. The van der Waals surface area contributed by atoms with Crippen molar-refractivity contribution >= 4 is 0 Å². The second-order valence-electron chi connectivity index (χ2n) is 3.37. The Labute approximate surface area is 96.1 Å². The maximum atomic E-state index is 9.22. The summed E-state index contributed by atoms with van der Waals surface area (Å²) in [6.45, 7) is 1.71. The summed E-state index contributed by atoms with van der Waals surface area (Å²) in [5.74, 6) is 0. The molecule has 2 N–H and O–H groups in total. The second-order valence-corrected chi connectivity index (χ2v) is 3.37. The third kappa shape index (κ3) is 10.3. The molecular formula is C10H22O6. The topological polar surface area (TPSA) is 77.4 Å². The van der Waals surface area contributed by atoms with Crippen LogP contribution in [0.1, 0.15) is 0 Å². The van der Waals surface area contributed by atoms with E-state index in [1.165, 1.54) is 14.2 Å². The molecule has 0 aromatic carbocycles. The standard InChI is InChI=1S/C10H22O6/c1-13-5-9(11)7-15-3-4-16-8-10(12)6-14-2/h9-12H,3-8H2,1-2H3. The van der Waals surface area contributed by atoms with Gasteiger partial charge in [-0.3, -0.25) is 0 Å². The first-order chi connectivity index (χ1) is 7.70. The molecule has 0 aromatic rings. The van der Waals surface area contributed by atoms with Crippen LogP contribution in [0.3, 0.4) is 0 Å². The van der Waals surface area contributed by atoms with Crippen molar-refractivity contribution in [3.63, 3.8) is 0 Å². The maximum Gasteiger partial charge on any atom is 0.101 e. The number of aliphatic hydroxyl groups excluding tert-OH is 2. The molecule has 0 bridgehead atoms. The van der Waals surface area contributed by atoms with Gasteiger partial charge >= 0.3 is 0 Å². The zero-order valence-electron chi connectivity index (χ0n) is 9.92. The van der Waals surface area contributed by atoms with Crippen molar-refractivity contribution in [3.05, 3.63) is 0 Å². The molecule has 0 spiro atoms. The summed E-state index contributed by atoms with van der Waals surface area (Å²) in [5, 5.41) is 18.4. The van der Waals surface area contributed by atoms with Gasteiger partial charge in [0.15, 0.2) is 0 Å². The van der Waals surface area contributed by atoms with Gasteiger partial charge in [-0.25, -0.2) is 0 Å². The predicted octanol–water partition coefficient (Wildman–Crippen LogP) is -0.966. The number of rotatable bonds is 11. The molecule has 6 heteroatoms. The lowest BCUT2D eigenvalue weighted by atomic mass is 10.4. The van der Waals surface area contributed by atoms with E-state index >= 15 is 0 Å². The predicted molar refractivity (Wildman–Crippen MR) is 57.4 cm³/mol. The van der Waals surface area contributed by atoms with E-state index in [0.717, 1.165) is 0 Å². The van der Waals surface area contributed by atoms with E-state index < -0.39 is 12.2 Å².